The number of aliphatic hydroxyl groups is 1. The fraction of sp³-hybridized carbons (Fsp3) is 0.125. The molecule has 1 atom stereocenters. The van der Waals surface area contributed by atoms with E-state index in [4.69, 9.17) is 0 Å². The summed E-state index contributed by atoms with van der Waals surface area (Å²) in [5.41, 5.74) is 2.55. The highest BCUT2D eigenvalue weighted by atomic mass is 32.1. The third-order valence-corrected chi connectivity index (χ3v) is 4.07. The second-order valence-electron chi connectivity index (χ2n) is 4.79. The summed E-state index contributed by atoms with van der Waals surface area (Å²) in [6, 6.07) is 14.8. The number of hydrogen-bond acceptors (Lipinski definition) is 4. The number of carbonyl (C=O) groups excluding carboxylic acids is 1. The second kappa shape index (κ2) is 5.63. The number of aryl methyl sites for hydroxylation is 1. The van der Waals surface area contributed by atoms with E-state index in [1.165, 1.54) is 11.3 Å². The molecule has 0 saturated carbocycles. The molecule has 0 unspecified atom stereocenters. The van der Waals surface area contributed by atoms with E-state index in [-0.39, 0.29) is 0 Å². The quantitative estimate of drug-likeness (QED) is 0.780. The Bertz CT molecular complexity index is 783. The average Bonchev–Trinajstić information content (AvgIpc) is 2.88. The molecular formula is C16H14N2O2S. The first-order valence-electron chi connectivity index (χ1n) is 6.54. The van der Waals surface area contributed by atoms with Crippen LogP contribution in [-0.2, 0) is 4.79 Å². The van der Waals surface area contributed by atoms with Crippen LogP contribution < -0.4 is 5.32 Å². The number of benzene rings is 2. The minimum absolute atomic E-state index is 0.475. The van der Waals surface area contributed by atoms with Crippen LogP contribution in [-0.4, -0.2) is 16.0 Å². The van der Waals surface area contributed by atoms with Crippen LogP contribution in [0.3, 0.4) is 0 Å². The van der Waals surface area contributed by atoms with Crippen LogP contribution in [0.15, 0.2) is 48.5 Å². The standard InChI is InChI=1S/C16H14N2O2S/c1-10-7-8-12-13(9-10)21-16(17-12)18-15(20)14(19)11-5-3-2-4-6-11/h2-9,14,19H,1H3,(H,17,18,20)/t14-/m0/s1. The van der Waals surface area contributed by atoms with Gasteiger partial charge in [-0.3, -0.25) is 10.1 Å². The first-order valence-corrected chi connectivity index (χ1v) is 7.36. The zero-order valence-electron chi connectivity index (χ0n) is 11.4. The zero-order valence-corrected chi connectivity index (χ0v) is 12.2. The van der Waals surface area contributed by atoms with Gasteiger partial charge in [-0.05, 0) is 30.2 Å². The summed E-state index contributed by atoms with van der Waals surface area (Å²) >= 11 is 1.40. The Balaban J connectivity index is 1.80. The van der Waals surface area contributed by atoms with Crippen molar-refractivity contribution >= 4 is 32.6 Å². The fourth-order valence-corrected chi connectivity index (χ4v) is 3.01. The van der Waals surface area contributed by atoms with Gasteiger partial charge in [0.05, 0.1) is 10.2 Å². The zero-order chi connectivity index (χ0) is 14.8. The maximum atomic E-state index is 12.1. The molecule has 0 bridgehead atoms. The molecule has 0 saturated heterocycles. The van der Waals surface area contributed by atoms with E-state index in [1.807, 2.05) is 31.2 Å². The van der Waals surface area contributed by atoms with Gasteiger partial charge < -0.3 is 5.11 Å². The normalized spacial score (nSPS) is 12.3. The molecule has 0 fully saturated rings. The molecule has 0 aliphatic carbocycles. The number of hydrogen-bond donors (Lipinski definition) is 2. The van der Waals surface area contributed by atoms with Crippen molar-refractivity contribution < 1.29 is 9.90 Å². The van der Waals surface area contributed by atoms with Gasteiger partial charge in [-0.25, -0.2) is 4.98 Å². The molecule has 0 spiro atoms. The number of anilines is 1. The van der Waals surface area contributed by atoms with Gasteiger partial charge in [0.25, 0.3) is 5.91 Å². The van der Waals surface area contributed by atoms with Crippen molar-refractivity contribution in [2.75, 3.05) is 5.32 Å². The van der Waals surface area contributed by atoms with E-state index in [0.29, 0.717) is 10.7 Å². The highest BCUT2D eigenvalue weighted by Crippen LogP contribution is 2.27. The lowest BCUT2D eigenvalue weighted by Gasteiger charge is -2.09. The van der Waals surface area contributed by atoms with Gasteiger partial charge in [-0.15, -0.1) is 0 Å². The Labute approximate surface area is 126 Å². The van der Waals surface area contributed by atoms with Crippen LogP contribution >= 0.6 is 11.3 Å². The van der Waals surface area contributed by atoms with Crippen molar-refractivity contribution in [1.82, 2.24) is 4.98 Å². The van der Waals surface area contributed by atoms with Crippen molar-refractivity contribution in [1.29, 1.82) is 0 Å². The fourth-order valence-electron chi connectivity index (χ4n) is 2.05. The van der Waals surface area contributed by atoms with E-state index in [9.17, 15) is 9.90 Å². The summed E-state index contributed by atoms with van der Waals surface area (Å²) in [6.07, 6.45) is -1.19. The Morgan fingerprint density at radius 3 is 2.76 bits per heavy atom. The van der Waals surface area contributed by atoms with Crippen molar-refractivity contribution in [3.8, 4) is 0 Å². The average molecular weight is 298 g/mol. The maximum absolute atomic E-state index is 12.1. The largest absolute Gasteiger partial charge is 0.378 e. The lowest BCUT2D eigenvalue weighted by atomic mass is 10.1. The Morgan fingerprint density at radius 2 is 2.00 bits per heavy atom. The predicted molar refractivity (Wildman–Crippen MR) is 84.4 cm³/mol. The SMILES string of the molecule is Cc1ccc2nc(NC(=O)[C@@H](O)c3ccccc3)sc2c1. The number of aromatic nitrogens is 1. The summed E-state index contributed by atoms with van der Waals surface area (Å²) in [7, 11) is 0. The Morgan fingerprint density at radius 1 is 1.24 bits per heavy atom. The molecule has 106 valence electrons. The molecule has 1 heterocycles. The highest BCUT2D eigenvalue weighted by Gasteiger charge is 2.18. The number of aliphatic hydroxyl groups excluding tert-OH is 1. The van der Waals surface area contributed by atoms with Crippen molar-refractivity contribution in [2.45, 2.75) is 13.0 Å². The number of nitrogens with zero attached hydrogens (tertiary/aromatic N) is 1. The number of carbonyl (C=O) groups is 1. The minimum atomic E-state index is -1.19. The van der Waals surface area contributed by atoms with Gasteiger partial charge in [-0.1, -0.05) is 47.7 Å². The molecule has 3 rings (SSSR count). The van der Waals surface area contributed by atoms with E-state index in [1.54, 1.807) is 24.3 Å². The van der Waals surface area contributed by atoms with Gasteiger partial charge >= 0.3 is 0 Å². The molecular weight excluding hydrogens is 284 g/mol. The van der Waals surface area contributed by atoms with Gasteiger partial charge in [0.2, 0.25) is 0 Å². The van der Waals surface area contributed by atoms with Gasteiger partial charge in [0.1, 0.15) is 0 Å². The summed E-state index contributed by atoms with van der Waals surface area (Å²) in [4.78, 5) is 16.4. The molecule has 5 heteroatoms. The minimum Gasteiger partial charge on any atom is -0.378 e. The van der Waals surface area contributed by atoms with Gasteiger partial charge in [0.15, 0.2) is 11.2 Å². The van der Waals surface area contributed by atoms with Crippen LogP contribution in [0.1, 0.15) is 17.2 Å². The second-order valence-corrected chi connectivity index (χ2v) is 5.82. The molecule has 0 radical (unpaired) electrons. The first-order chi connectivity index (χ1) is 10.1. The number of amides is 1. The molecule has 0 aliphatic heterocycles. The summed E-state index contributed by atoms with van der Waals surface area (Å²) in [5.74, 6) is -0.475. The maximum Gasteiger partial charge on any atom is 0.259 e. The molecule has 2 aromatic carbocycles. The van der Waals surface area contributed by atoms with Gasteiger partial charge in [0, 0.05) is 0 Å². The van der Waals surface area contributed by atoms with Crippen LogP contribution in [0.4, 0.5) is 5.13 Å². The lowest BCUT2D eigenvalue weighted by Crippen LogP contribution is -2.20. The van der Waals surface area contributed by atoms with E-state index in [2.05, 4.69) is 10.3 Å². The lowest BCUT2D eigenvalue weighted by molar-refractivity contribution is -0.124. The molecule has 3 aromatic rings. The van der Waals surface area contributed by atoms with Gasteiger partial charge in [-0.2, -0.15) is 0 Å². The van der Waals surface area contributed by atoms with E-state index >= 15 is 0 Å². The van der Waals surface area contributed by atoms with Crippen LogP contribution in [0.5, 0.6) is 0 Å². The van der Waals surface area contributed by atoms with E-state index in [0.717, 1.165) is 15.8 Å². The number of nitrogens with one attached hydrogen (secondary N) is 1. The van der Waals surface area contributed by atoms with Crippen molar-refractivity contribution in [2.24, 2.45) is 0 Å². The third kappa shape index (κ3) is 2.94. The molecule has 4 nitrogen and oxygen atoms in total. The van der Waals surface area contributed by atoms with Crippen molar-refractivity contribution in [3.63, 3.8) is 0 Å². The molecule has 1 aromatic heterocycles. The van der Waals surface area contributed by atoms with Crippen LogP contribution in [0, 0.1) is 6.92 Å². The summed E-state index contributed by atoms with van der Waals surface area (Å²) < 4.78 is 1.01. The third-order valence-electron chi connectivity index (χ3n) is 3.14. The highest BCUT2D eigenvalue weighted by molar-refractivity contribution is 7.22. The predicted octanol–water partition coefficient (Wildman–Crippen LogP) is 3.28. The topological polar surface area (TPSA) is 62.2 Å². The van der Waals surface area contributed by atoms with Crippen molar-refractivity contribution in [3.05, 3.63) is 59.7 Å². The molecule has 0 aliphatic rings. The number of rotatable bonds is 3. The number of fused-ring (bicyclic) bond motifs is 1. The summed E-state index contributed by atoms with van der Waals surface area (Å²) in [5, 5.41) is 13.2. The monoisotopic (exact) mass is 298 g/mol. The van der Waals surface area contributed by atoms with Crippen LogP contribution in [0.2, 0.25) is 0 Å². The Hall–Kier alpha value is -2.24. The van der Waals surface area contributed by atoms with Crippen LogP contribution in [0.25, 0.3) is 10.2 Å². The molecule has 2 N–H and O–H groups in total. The smallest absolute Gasteiger partial charge is 0.259 e. The number of thiazole rings is 1. The first kappa shape index (κ1) is 13.7. The summed E-state index contributed by atoms with van der Waals surface area (Å²) in [6.45, 7) is 2.01. The molecule has 21 heavy (non-hydrogen) atoms. The van der Waals surface area contributed by atoms with E-state index < -0.39 is 12.0 Å². The Kier molecular flexibility index (Phi) is 3.68. The molecule has 1 amide bonds.